The molecule has 1 aromatic heterocycles. The number of nitrogens with zero attached hydrogens (tertiary/aromatic N) is 6. The van der Waals surface area contributed by atoms with Gasteiger partial charge >= 0.3 is 12.1 Å². The van der Waals surface area contributed by atoms with Gasteiger partial charge in [-0.05, 0) is 17.9 Å². The number of rotatable bonds is 6. The van der Waals surface area contributed by atoms with Crippen LogP contribution in [0.2, 0.25) is 0 Å². The van der Waals surface area contributed by atoms with Crippen LogP contribution in [0.5, 0.6) is 6.01 Å². The summed E-state index contributed by atoms with van der Waals surface area (Å²) in [6.07, 6.45) is -0.213. The summed E-state index contributed by atoms with van der Waals surface area (Å²) in [6, 6.07) is 16.8. The molecule has 3 aliphatic rings. The van der Waals surface area contributed by atoms with Crippen LogP contribution >= 0.6 is 0 Å². The second-order valence-corrected chi connectivity index (χ2v) is 10.4. The largest absolute Gasteiger partial charge is 0.465 e. The number of carbonyl (C=O) groups is 1. The normalized spacial score (nSPS) is 21.1. The minimum atomic E-state index is -1.000. The monoisotopic (exact) mass is 543 g/mol. The molecule has 2 N–H and O–H groups in total. The summed E-state index contributed by atoms with van der Waals surface area (Å²) in [6.45, 7) is 5.10. The Labute approximate surface area is 232 Å². The Bertz CT molecular complexity index is 1420. The standard InChI is InChI=1S/C29H33N7O4/c30-10-8-21-17-35(13-14-36(21)29(37)38)27-24-9-12-34(26-7-3-5-20-4-1-2-6-23(20)26)18-25(24)32-28(33-27)40-19-22-16-31-11-15-39-22/h1-7,21-22,31H,8-9,11-19H2,(H,37,38). The fraction of sp³-hybridized carbons (Fsp3) is 0.448. The van der Waals surface area contributed by atoms with Gasteiger partial charge in [-0.2, -0.15) is 15.2 Å². The van der Waals surface area contributed by atoms with Crippen LogP contribution in [0.1, 0.15) is 17.7 Å². The number of benzene rings is 2. The van der Waals surface area contributed by atoms with Gasteiger partial charge in [-0.1, -0.05) is 36.4 Å². The Hall–Kier alpha value is -4.14. The van der Waals surface area contributed by atoms with E-state index in [1.165, 1.54) is 15.7 Å². The number of ether oxygens (including phenoxy) is 2. The number of piperazine rings is 1. The number of aromatic nitrogens is 2. The minimum Gasteiger partial charge on any atom is -0.465 e. The molecule has 0 radical (unpaired) electrons. The van der Waals surface area contributed by atoms with Crippen molar-refractivity contribution in [1.82, 2.24) is 20.2 Å². The maximum Gasteiger partial charge on any atom is 0.407 e. The van der Waals surface area contributed by atoms with Gasteiger partial charge in [0.25, 0.3) is 0 Å². The summed E-state index contributed by atoms with van der Waals surface area (Å²) in [7, 11) is 0. The predicted molar refractivity (Wildman–Crippen MR) is 150 cm³/mol. The average molecular weight is 544 g/mol. The zero-order chi connectivity index (χ0) is 27.5. The van der Waals surface area contributed by atoms with Crippen molar-refractivity contribution >= 4 is 28.4 Å². The molecule has 40 heavy (non-hydrogen) atoms. The van der Waals surface area contributed by atoms with Gasteiger partial charge in [-0.15, -0.1) is 0 Å². The van der Waals surface area contributed by atoms with Crippen molar-refractivity contribution in [3.05, 3.63) is 53.7 Å². The third-order valence-electron chi connectivity index (χ3n) is 7.89. The average Bonchev–Trinajstić information content (AvgIpc) is 2.99. The van der Waals surface area contributed by atoms with Crippen LogP contribution in [0.25, 0.3) is 10.8 Å². The Balaban J connectivity index is 1.32. The summed E-state index contributed by atoms with van der Waals surface area (Å²) in [5.74, 6) is 0.772. The fourth-order valence-electron chi connectivity index (χ4n) is 5.88. The van der Waals surface area contributed by atoms with Crippen molar-refractivity contribution in [2.45, 2.75) is 31.5 Å². The van der Waals surface area contributed by atoms with Gasteiger partial charge in [-0.3, -0.25) is 0 Å². The molecule has 11 nitrogen and oxygen atoms in total. The third kappa shape index (κ3) is 5.33. The van der Waals surface area contributed by atoms with Gasteiger partial charge < -0.3 is 34.6 Å². The molecule has 11 heteroatoms. The molecule has 0 saturated carbocycles. The van der Waals surface area contributed by atoms with Crippen molar-refractivity contribution < 1.29 is 19.4 Å². The molecule has 1 amide bonds. The number of nitriles is 1. The van der Waals surface area contributed by atoms with Gasteiger partial charge in [0.05, 0.1) is 37.4 Å². The summed E-state index contributed by atoms with van der Waals surface area (Å²) in [5.41, 5.74) is 3.12. The third-order valence-corrected chi connectivity index (χ3v) is 7.89. The van der Waals surface area contributed by atoms with E-state index in [1.54, 1.807) is 0 Å². The number of fused-ring (bicyclic) bond motifs is 2. The van der Waals surface area contributed by atoms with Crippen LogP contribution < -0.4 is 19.9 Å². The number of hydrogen-bond donors (Lipinski definition) is 2. The maximum absolute atomic E-state index is 11.8. The SMILES string of the molecule is N#CCC1CN(c2nc(OCC3CNCCO3)nc3c2CCN(c2cccc4ccccc24)C3)CCN1C(=O)O. The predicted octanol–water partition coefficient (Wildman–Crippen LogP) is 2.64. The highest BCUT2D eigenvalue weighted by atomic mass is 16.5. The fourth-order valence-corrected chi connectivity index (χ4v) is 5.88. The van der Waals surface area contributed by atoms with Crippen molar-refractivity contribution in [3.8, 4) is 12.1 Å². The second-order valence-electron chi connectivity index (χ2n) is 10.4. The first kappa shape index (κ1) is 26.1. The second kappa shape index (κ2) is 11.5. The van der Waals surface area contributed by atoms with Gasteiger partial charge in [-0.25, -0.2) is 4.79 Å². The number of anilines is 2. The van der Waals surface area contributed by atoms with Crippen molar-refractivity contribution in [3.63, 3.8) is 0 Å². The Morgan fingerprint density at radius 2 is 2.02 bits per heavy atom. The molecule has 0 bridgehead atoms. The number of morpholine rings is 1. The molecule has 2 saturated heterocycles. The lowest BCUT2D eigenvalue weighted by Gasteiger charge is -2.41. The van der Waals surface area contributed by atoms with E-state index >= 15 is 0 Å². The van der Waals surface area contributed by atoms with Gasteiger partial charge in [0, 0.05) is 55.9 Å². The van der Waals surface area contributed by atoms with E-state index in [0.29, 0.717) is 51.9 Å². The molecule has 4 heterocycles. The van der Waals surface area contributed by atoms with Crippen LogP contribution in [0.15, 0.2) is 42.5 Å². The first-order chi connectivity index (χ1) is 19.6. The van der Waals surface area contributed by atoms with E-state index in [9.17, 15) is 15.2 Å². The number of carboxylic acid groups (broad SMARTS) is 1. The van der Waals surface area contributed by atoms with Gasteiger partial charge in [0.2, 0.25) is 0 Å². The van der Waals surface area contributed by atoms with E-state index in [2.05, 4.69) is 63.7 Å². The number of hydrogen-bond acceptors (Lipinski definition) is 9. The molecular formula is C29H33N7O4. The van der Waals surface area contributed by atoms with E-state index in [4.69, 9.17) is 19.4 Å². The number of amides is 1. The summed E-state index contributed by atoms with van der Waals surface area (Å²) < 4.78 is 11.9. The number of nitrogens with one attached hydrogen (secondary N) is 1. The van der Waals surface area contributed by atoms with Crippen molar-refractivity contribution in [2.24, 2.45) is 0 Å². The Kier molecular flexibility index (Phi) is 7.53. The molecule has 3 aromatic rings. The van der Waals surface area contributed by atoms with Crippen LogP contribution in [-0.2, 0) is 17.7 Å². The van der Waals surface area contributed by atoms with Crippen LogP contribution in [-0.4, -0.2) is 90.7 Å². The van der Waals surface area contributed by atoms with E-state index < -0.39 is 12.1 Å². The highest BCUT2D eigenvalue weighted by molar-refractivity contribution is 5.94. The quantitative estimate of drug-likeness (QED) is 0.479. The molecular weight excluding hydrogens is 510 g/mol. The molecule has 3 aliphatic heterocycles. The molecule has 6 rings (SSSR count). The van der Waals surface area contributed by atoms with Crippen LogP contribution in [0, 0.1) is 11.3 Å². The van der Waals surface area contributed by atoms with Crippen molar-refractivity contribution in [1.29, 1.82) is 5.26 Å². The van der Waals surface area contributed by atoms with Gasteiger partial charge in [0.15, 0.2) is 0 Å². The van der Waals surface area contributed by atoms with E-state index in [-0.39, 0.29) is 12.5 Å². The lowest BCUT2D eigenvalue weighted by molar-refractivity contribution is -0.00183. The smallest absolute Gasteiger partial charge is 0.407 e. The maximum atomic E-state index is 11.8. The Morgan fingerprint density at radius 3 is 2.85 bits per heavy atom. The molecule has 2 fully saturated rings. The van der Waals surface area contributed by atoms with Gasteiger partial charge in [0.1, 0.15) is 18.5 Å². The summed E-state index contributed by atoms with van der Waals surface area (Å²) >= 11 is 0. The first-order valence-corrected chi connectivity index (χ1v) is 13.8. The zero-order valence-electron chi connectivity index (χ0n) is 22.3. The zero-order valence-corrected chi connectivity index (χ0v) is 22.3. The molecule has 0 aliphatic carbocycles. The topological polar surface area (TPSA) is 127 Å². The molecule has 2 aromatic carbocycles. The van der Waals surface area contributed by atoms with E-state index in [0.717, 1.165) is 42.3 Å². The molecule has 2 atom stereocenters. The summed E-state index contributed by atoms with van der Waals surface area (Å²) in [5, 5.41) is 24.7. The lowest BCUT2D eigenvalue weighted by Crippen LogP contribution is -2.55. The summed E-state index contributed by atoms with van der Waals surface area (Å²) in [4.78, 5) is 27.3. The minimum absolute atomic E-state index is 0.0804. The van der Waals surface area contributed by atoms with E-state index in [1.807, 2.05) is 0 Å². The Morgan fingerprint density at radius 1 is 1.15 bits per heavy atom. The van der Waals surface area contributed by atoms with Crippen LogP contribution in [0.3, 0.4) is 0 Å². The molecule has 2 unspecified atom stereocenters. The molecule has 0 spiro atoms. The van der Waals surface area contributed by atoms with Crippen molar-refractivity contribution in [2.75, 3.05) is 62.3 Å². The highest BCUT2D eigenvalue weighted by Crippen LogP contribution is 2.34. The highest BCUT2D eigenvalue weighted by Gasteiger charge is 2.34. The van der Waals surface area contributed by atoms with Crippen LogP contribution in [0.4, 0.5) is 16.3 Å². The first-order valence-electron chi connectivity index (χ1n) is 13.8. The lowest BCUT2D eigenvalue weighted by atomic mass is 10.0. The molecule has 208 valence electrons.